The first-order valence-corrected chi connectivity index (χ1v) is 6.37. The van der Waals surface area contributed by atoms with Crippen molar-refractivity contribution in [3.8, 4) is 5.75 Å². The van der Waals surface area contributed by atoms with Crippen LogP contribution < -0.4 is 10.1 Å². The van der Waals surface area contributed by atoms with Crippen LogP contribution in [0.15, 0.2) is 36.9 Å². The van der Waals surface area contributed by atoms with Crippen LogP contribution in [0.5, 0.6) is 5.75 Å². The highest BCUT2D eigenvalue weighted by Crippen LogP contribution is 2.25. The third-order valence-electron chi connectivity index (χ3n) is 2.55. The van der Waals surface area contributed by atoms with Crippen LogP contribution in [-0.2, 0) is 0 Å². The number of allylic oxidation sites excluding steroid dienone is 1. The summed E-state index contributed by atoms with van der Waals surface area (Å²) in [6.45, 7) is 8.80. The van der Waals surface area contributed by atoms with Gasteiger partial charge in [-0.05, 0) is 38.3 Å². The summed E-state index contributed by atoms with van der Waals surface area (Å²) in [4.78, 5) is 0. The molecule has 0 amide bonds. The van der Waals surface area contributed by atoms with Gasteiger partial charge in [0, 0.05) is 6.04 Å². The number of anilines is 1. The highest BCUT2D eigenvalue weighted by molar-refractivity contribution is 5.56. The predicted molar refractivity (Wildman–Crippen MR) is 74.7 cm³/mol. The van der Waals surface area contributed by atoms with Crippen molar-refractivity contribution in [2.75, 3.05) is 11.9 Å². The van der Waals surface area contributed by atoms with Crippen molar-refractivity contribution in [2.24, 2.45) is 0 Å². The molecule has 0 saturated heterocycles. The molecule has 0 fully saturated rings. The van der Waals surface area contributed by atoms with Gasteiger partial charge in [-0.15, -0.1) is 6.58 Å². The highest BCUT2D eigenvalue weighted by Gasteiger charge is 2.05. The molecule has 0 radical (unpaired) electrons. The van der Waals surface area contributed by atoms with Crippen LogP contribution in [0.3, 0.4) is 0 Å². The van der Waals surface area contributed by atoms with E-state index in [-0.39, 0.29) is 0 Å². The van der Waals surface area contributed by atoms with E-state index in [1.54, 1.807) is 0 Å². The van der Waals surface area contributed by atoms with E-state index in [1.165, 1.54) is 0 Å². The van der Waals surface area contributed by atoms with Gasteiger partial charge in [0.2, 0.25) is 0 Å². The van der Waals surface area contributed by atoms with Gasteiger partial charge in [0.25, 0.3) is 0 Å². The van der Waals surface area contributed by atoms with E-state index >= 15 is 0 Å². The van der Waals surface area contributed by atoms with Gasteiger partial charge in [-0.3, -0.25) is 0 Å². The third-order valence-corrected chi connectivity index (χ3v) is 2.55. The summed E-state index contributed by atoms with van der Waals surface area (Å²) in [5.74, 6) is 0.944. The summed E-state index contributed by atoms with van der Waals surface area (Å²) in [7, 11) is 0. The molecule has 2 heteroatoms. The van der Waals surface area contributed by atoms with Crippen LogP contribution in [0.2, 0.25) is 0 Å². The van der Waals surface area contributed by atoms with Gasteiger partial charge < -0.3 is 10.1 Å². The average molecular weight is 233 g/mol. The summed E-state index contributed by atoms with van der Waals surface area (Å²) < 4.78 is 5.71. The molecule has 1 aromatic rings. The lowest BCUT2D eigenvalue weighted by Crippen LogP contribution is -2.15. The summed E-state index contributed by atoms with van der Waals surface area (Å²) in [5.41, 5.74) is 1.08. The second-order valence-corrected chi connectivity index (χ2v) is 4.26. The zero-order valence-electron chi connectivity index (χ0n) is 10.9. The number of nitrogens with one attached hydrogen (secondary N) is 1. The first kappa shape index (κ1) is 13.6. The van der Waals surface area contributed by atoms with Crippen molar-refractivity contribution in [2.45, 2.75) is 39.2 Å². The Labute approximate surface area is 105 Å². The van der Waals surface area contributed by atoms with Crippen molar-refractivity contribution in [3.63, 3.8) is 0 Å². The zero-order valence-corrected chi connectivity index (χ0v) is 10.9. The van der Waals surface area contributed by atoms with Gasteiger partial charge in [-0.25, -0.2) is 0 Å². The van der Waals surface area contributed by atoms with E-state index in [1.807, 2.05) is 24.3 Å². The second kappa shape index (κ2) is 7.77. The third kappa shape index (κ3) is 4.94. The number of hydrogen-bond donors (Lipinski definition) is 1. The van der Waals surface area contributed by atoms with Crippen LogP contribution in [0, 0.1) is 0 Å². The molecule has 1 unspecified atom stereocenters. The lowest BCUT2D eigenvalue weighted by atomic mass is 10.1. The molecular weight excluding hydrogens is 210 g/mol. The van der Waals surface area contributed by atoms with Crippen molar-refractivity contribution >= 4 is 5.69 Å². The normalized spacial score (nSPS) is 11.9. The smallest absolute Gasteiger partial charge is 0.142 e. The largest absolute Gasteiger partial charge is 0.491 e. The predicted octanol–water partition coefficient (Wildman–Crippen LogP) is 4.24. The van der Waals surface area contributed by atoms with E-state index in [0.29, 0.717) is 6.04 Å². The number of rotatable bonds is 8. The standard InChI is InChI=1S/C15H23NO/c1-4-6-9-13(3)16-14-10-7-8-11-15(14)17-12-5-2/h4,7-8,10-11,13,16H,1,5-6,9,12H2,2-3H3. The Hall–Kier alpha value is -1.44. The lowest BCUT2D eigenvalue weighted by molar-refractivity contribution is 0.318. The molecule has 0 bridgehead atoms. The minimum Gasteiger partial charge on any atom is -0.491 e. The van der Waals surface area contributed by atoms with Crippen molar-refractivity contribution in [3.05, 3.63) is 36.9 Å². The fourth-order valence-corrected chi connectivity index (χ4v) is 1.63. The molecule has 1 atom stereocenters. The van der Waals surface area contributed by atoms with E-state index in [0.717, 1.165) is 37.3 Å². The summed E-state index contributed by atoms with van der Waals surface area (Å²) in [5, 5.41) is 3.48. The van der Waals surface area contributed by atoms with Gasteiger partial charge in [-0.1, -0.05) is 25.1 Å². The zero-order chi connectivity index (χ0) is 12.5. The van der Waals surface area contributed by atoms with Crippen LogP contribution in [0.4, 0.5) is 5.69 Å². The minimum absolute atomic E-state index is 0.430. The van der Waals surface area contributed by atoms with Crippen molar-refractivity contribution in [1.82, 2.24) is 0 Å². The maximum Gasteiger partial charge on any atom is 0.142 e. The monoisotopic (exact) mass is 233 g/mol. The first-order chi connectivity index (χ1) is 8.27. The van der Waals surface area contributed by atoms with Gasteiger partial charge in [0.05, 0.1) is 12.3 Å². The van der Waals surface area contributed by atoms with Crippen LogP contribution in [0.25, 0.3) is 0 Å². The SMILES string of the molecule is C=CCCC(C)Nc1ccccc1OCCC. The Morgan fingerprint density at radius 3 is 2.88 bits per heavy atom. The quantitative estimate of drug-likeness (QED) is 0.678. The molecule has 94 valence electrons. The Morgan fingerprint density at radius 1 is 1.41 bits per heavy atom. The fourth-order valence-electron chi connectivity index (χ4n) is 1.63. The van der Waals surface area contributed by atoms with E-state index in [2.05, 4.69) is 31.8 Å². The number of benzene rings is 1. The Bertz CT molecular complexity index is 335. The molecule has 0 aliphatic rings. The fraction of sp³-hybridized carbons (Fsp3) is 0.467. The molecule has 0 spiro atoms. The average Bonchev–Trinajstić information content (AvgIpc) is 2.35. The first-order valence-electron chi connectivity index (χ1n) is 6.37. The number of hydrogen-bond acceptors (Lipinski definition) is 2. The maximum atomic E-state index is 5.71. The molecule has 0 heterocycles. The van der Waals surface area contributed by atoms with Gasteiger partial charge >= 0.3 is 0 Å². The van der Waals surface area contributed by atoms with Crippen LogP contribution >= 0.6 is 0 Å². The highest BCUT2D eigenvalue weighted by atomic mass is 16.5. The summed E-state index contributed by atoms with van der Waals surface area (Å²) in [6.07, 6.45) is 5.11. The van der Waals surface area contributed by atoms with Gasteiger partial charge in [0.15, 0.2) is 0 Å². The van der Waals surface area contributed by atoms with Crippen LogP contribution in [0.1, 0.15) is 33.1 Å². The summed E-state index contributed by atoms with van der Waals surface area (Å²) in [6, 6.07) is 8.54. The van der Waals surface area contributed by atoms with Crippen LogP contribution in [-0.4, -0.2) is 12.6 Å². The Morgan fingerprint density at radius 2 is 2.18 bits per heavy atom. The van der Waals surface area contributed by atoms with Gasteiger partial charge in [-0.2, -0.15) is 0 Å². The van der Waals surface area contributed by atoms with E-state index in [9.17, 15) is 0 Å². The van der Waals surface area contributed by atoms with Crippen molar-refractivity contribution in [1.29, 1.82) is 0 Å². The van der Waals surface area contributed by atoms with E-state index < -0.39 is 0 Å². The Kier molecular flexibility index (Phi) is 6.23. The Balaban J connectivity index is 2.58. The maximum absolute atomic E-state index is 5.71. The molecule has 0 aliphatic carbocycles. The topological polar surface area (TPSA) is 21.3 Å². The molecular formula is C15H23NO. The number of para-hydroxylation sites is 2. The lowest BCUT2D eigenvalue weighted by Gasteiger charge is -2.17. The molecule has 1 rings (SSSR count). The molecule has 1 aromatic carbocycles. The number of ether oxygens (including phenoxy) is 1. The summed E-state index contributed by atoms with van der Waals surface area (Å²) >= 11 is 0. The molecule has 17 heavy (non-hydrogen) atoms. The molecule has 0 saturated carbocycles. The molecule has 0 aromatic heterocycles. The van der Waals surface area contributed by atoms with Gasteiger partial charge in [0.1, 0.15) is 5.75 Å². The molecule has 1 N–H and O–H groups in total. The molecule has 2 nitrogen and oxygen atoms in total. The molecule has 0 aliphatic heterocycles. The van der Waals surface area contributed by atoms with Crippen molar-refractivity contribution < 1.29 is 4.74 Å². The second-order valence-electron chi connectivity index (χ2n) is 4.26. The van der Waals surface area contributed by atoms with E-state index in [4.69, 9.17) is 4.74 Å². The minimum atomic E-state index is 0.430.